The lowest BCUT2D eigenvalue weighted by atomic mass is 9.89. The number of carboxylic acids is 1. The van der Waals surface area contributed by atoms with Crippen molar-refractivity contribution in [2.24, 2.45) is 0 Å². The minimum absolute atomic E-state index is 0.219. The second kappa shape index (κ2) is 8.19. The van der Waals surface area contributed by atoms with Gasteiger partial charge in [0.1, 0.15) is 0 Å². The lowest BCUT2D eigenvalue weighted by Gasteiger charge is -2.28. The first kappa shape index (κ1) is 22.3. The number of benzene rings is 2. The van der Waals surface area contributed by atoms with Gasteiger partial charge in [0, 0.05) is 6.54 Å². The van der Waals surface area contributed by atoms with Crippen molar-refractivity contribution in [3.63, 3.8) is 0 Å². The molecule has 0 aromatic heterocycles. The highest BCUT2D eigenvalue weighted by molar-refractivity contribution is 5.73. The number of nitrogens with one attached hydrogen (secondary N) is 1. The van der Waals surface area contributed by atoms with Crippen molar-refractivity contribution >= 4 is 5.97 Å². The van der Waals surface area contributed by atoms with Crippen LogP contribution >= 0.6 is 0 Å². The number of alkyl halides is 6. The van der Waals surface area contributed by atoms with Crippen molar-refractivity contribution in [2.75, 3.05) is 6.54 Å². The van der Waals surface area contributed by atoms with Crippen molar-refractivity contribution in [1.82, 2.24) is 5.32 Å². The van der Waals surface area contributed by atoms with Gasteiger partial charge < -0.3 is 20.6 Å². The first-order chi connectivity index (χ1) is 13.3. The van der Waals surface area contributed by atoms with E-state index in [-0.39, 0.29) is 11.5 Å². The normalized spacial score (nSPS) is 16.4. The highest BCUT2D eigenvalue weighted by atomic mass is 19.4. The van der Waals surface area contributed by atoms with Crippen LogP contribution < -0.4 is 5.32 Å². The largest absolute Gasteiger partial charge is 0.504 e. The fraction of sp³-hybridized carbons (Fsp3) is 0.278. The number of carboxylic acid groups (broad SMARTS) is 1. The lowest BCUT2D eigenvalue weighted by Crippen LogP contribution is -2.30. The average molecular weight is 423 g/mol. The van der Waals surface area contributed by atoms with Crippen molar-refractivity contribution in [1.29, 1.82) is 0 Å². The summed E-state index contributed by atoms with van der Waals surface area (Å²) in [6.45, 7) is 0.581. The topological polar surface area (TPSA) is 89.8 Å². The third-order valence-corrected chi connectivity index (χ3v) is 4.08. The number of fused-ring (bicyclic) bond motifs is 1. The van der Waals surface area contributed by atoms with Gasteiger partial charge in [-0.1, -0.05) is 12.1 Å². The van der Waals surface area contributed by atoms with Gasteiger partial charge in [-0.05, 0) is 47.4 Å². The maximum absolute atomic E-state index is 12.9. The Morgan fingerprint density at radius 3 is 2.14 bits per heavy atom. The van der Waals surface area contributed by atoms with Crippen LogP contribution in [-0.4, -0.2) is 34.0 Å². The van der Waals surface area contributed by atoms with E-state index in [2.05, 4.69) is 5.32 Å². The van der Waals surface area contributed by atoms with Crippen LogP contribution in [-0.2, 0) is 17.4 Å². The molecule has 1 unspecified atom stereocenters. The molecule has 2 aromatic rings. The molecule has 1 heterocycles. The molecule has 1 aliphatic rings. The zero-order valence-electron chi connectivity index (χ0n) is 14.5. The van der Waals surface area contributed by atoms with Crippen LogP contribution in [0.25, 0.3) is 0 Å². The summed E-state index contributed by atoms with van der Waals surface area (Å²) in [5.41, 5.74) is 1.26. The summed E-state index contributed by atoms with van der Waals surface area (Å²) in [5, 5.41) is 29.5. The van der Waals surface area contributed by atoms with E-state index < -0.39 is 29.9 Å². The summed E-state index contributed by atoms with van der Waals surface area (Å²) >= 11 is 0. The smallest absolute Gasteiger partial charge is 0.490 e. The van der Waals surface area contributed by atoms with E-state index in [0.717, 1.165) is 17.7 Å². The molecule has 0 fully saturated rings. The monoisotopic (exact) mass is 423 g/mol. The summed E-state index contributed by atoms with van der Waals surface area (Å²) in [5.74, 6) is -3.25. The molecule has 0 amide bonds. The number of halogens is 6. The van der Waals surface area contributed by atoms with Gasteiger partial charge in [0.2, 0.25) is 0 Å². The second-order valence-corrected chi connectivity index (χ2v) is 6.10. The molecule has 158 valence electrons. The van der Waals surface area contributed by atoms with Crippen LogP contribution in [0.15, 0.2) is 36.4 Å². The zero-order valence-corrected chi connectivity index (χ0v) is 14.5. The number of aromatic hydroxyl groups is 2. The third-order valence-electron chi connectivity index (χ3n) is 4.08. The van der Waals surface area contributed by atoms with E-state index in [1.54, 1.807) is 6.07 Å². The Hall–Kier alpha value is -2.95. The second-order valence-electron chi connectivity index (χ2n) is 6.10. The van der Waals surface area contributed by atoms with Crippen LogP contribution in [0.4, 0.5) is 26.3 Å². The van der Waals surface area contributed by atoms with E-state index in [1.165, 1.54) is 18.2 Å². The van der Waals surface area contributed by atoms with Crippen molar-refractivity contribution in [3.05, 3.63) is 58.7 Å². The molecule has 11 heteroatoms. The van der Waals surface area contributed by atoms with Crippen LogP contribution in [0.3, 0.4) is 0 Å². The van der Waals surface area contributed by atoms with E-state index in [1.807, 2.05) is 0 Å². The average Bonchev–Trinajstić information content (AvgIpc) is 2.61. The number of carbonyl (C=O) groups is 1. The molecule has 0 spiro atoms. The summed E-state index contributed by atoms with van der Waals surface area (Å²) < 4.78 is 70.3. The molecule has 0 bridgehead atoms. The number of rotatable bonds is 1. The minimum atomic E-state index is -5.08. The molecule has 3 rings (SSSR count). The van der Waals surface area contributed by atoms with E-state index in [0.29, 0.717) is 24.1 Å². The minimum Gasteiger partial charge on any atom is -0.504 e. The van der Waals surface area contributed by atoms with Crippen molar-refractivity contribution in [3.8, 4) is 11.5 Å². The molecule has 0 saturated carbocycles. The predicted molar refractivity (Wildman–Crippen MR) is 88.5 cm³/mol. The number of aliphatic carboxylic acids is 1. The van der Waals surface area contributed by atoms with Gasteiger partial charge in [-0.25, -0.2) is 4.79 Å². The Morgan fingerprint density at radius 1 is 1.00 bits per heavy atom. The number of hydrogen-bond acceptors (Lipinski definition) is 4. The molecular formula is C18H15F6NO4. The number of phenols is 2. The Balaban J connectivity index is 0.000000370. The first-order valence-corrected chi connectivity index (χ1v) is 8.06. The Kier molecular flexibility index (Phi) is 6.31. The third kappa shape index (κ3) is 5.53. The van der Waals surface area contributed by atoms with E-state index in [4.69, 9.17) is 9.90 Å². The molecule has 1 atom stereocenters. The first-order valence-electron chi connectivity index (χ1n) is 8.06. The maximum Gasteiger partial charge on any atom is 0.490 e. The van der Waals surface area contributed by atoms with Crippen LogP contribution in [0, 0.1) is 0 Å². The van der Waals surface area contributed by atoms with E-state index in [9.17, 15) is 36.6 Å². The Morgan fingerprint density at radius 2 is 1.59 bits per heavy atom. The van der Waals surface area contributed by atoms with Gasteiger partial charge in [0.05, 0.1) is 11.6 Å². The Bertz CT molecular complexity index is 895. The fourth-order valence-electron chi connectivity index (χ4n) is 2.77. The summed E-state index contributed by atoms with van der Waals surface area (Å²) in [6, 6.07) is 7.55. The van der Waals surface area contributed by atoms with Gasteiger partial charge in [-0.15, -0.1) is 0 Å². The van der Waals surface area contributed by atoms with Crippen LogP contribution in [0.2, 0.25) is 0 Å². The SMILES string of the molecule is O=C(O)C(F)(F)F.Oc1cc2c(cc1O)C(c1cccc(C(F)(F)F)c1)NCC2. The molecule has 0 saturated heterocycles. The fourth-order valence-corrected chi connectivity index (χ4v) is 2.77. The van der Waals surface area contributed by atoms with E-state index >= 15 is 0 Å². The summed E-state index contributed by atoms with van der Waals surface area (Å²) in [4.78, 5) is 8.90. The molecule has 0 radical (unpaired) electrons. The molecule has 5 nitrogen and oxygen atoms in total. The molecule has 0 aliphatic carbocycles. The van der Waals surface area contributed by atoms with Gasteiger partial charge in [0.25, 0.3) is 0 Å². The van der Waals surface area contributed by atoms with Gasteiger partial charge in [0.15, 0.2) is 11.5 Å². The molecule has 2 aromatic carbocycles. The van der Waals surface area contributed by atoms with Crippen molar-refractivity contribution in [2.45, 2.75) is 24.8 Å². The zero-order chi connectivity index (χ0) is 22.0. The van der Waals surface area contributed by atoms with Gasteiger partial charge >= 0.3 is 18.3 Å². The molecule has 4 N–H and O–H groups in total. The summed E-state index contributed by atoms with van der Waals surface area (Å²) in [7, 11) is 0. The quantitative estimate of drug-likeness (QED) is 0.412. The van der Waals surface area contributed by atoms with Crippen molar-refractivity contribution < 1.29 is 46.5 Å². The van der Waals surface area contributed by atoms with Crippen LogP contribution in [0.5, 0.6) is 11.5 Å². The molecule has 29 heavy (non-hydrogen) atoms. The number of hydrogen-bond donors (Lipinski definition) is 4. The highest BCUT2D eigenvalue weighted by Crippen LogP contribution is 2.37. The highest BCUT2D eigenvalue weighted by Gasteiger charge is 2.38. The standard InChI is InChI=1S/C16H14F3NO2.C2HF3O2/c17-16(18,19)11-3-1-2-10(6-11)15-12-8-14(22)13(21)7-9(12)4-5-20-15;3-2(4,5)1(6)7/h1-3,6-8,15,20-22H,4-5H2;(H,6,7). The number of phenolic OH excluding ortho intramolecular Hbond substituents is 2. The Labute approximate surface area is 160 Å². The predicted octanol–water partition coefficient (Wildman–Crippen LogP) is 3.99. The summed E-state index contributed by atoms with van der Waals surface area (Å²) in [6.07, 6.45) is -8.84. The molecule has 1 aliphatic heterocycles. The molecular weight excluding hydrogens is 408 g/mol. The van der Waals surface area contributed by atoms with Gasteiger partial charge in [-0.2, -0.15) is 26.3 Å². The van der Waals surface area contributed by atoms with Gasteiger partial charge in [-0.3, -0.25) is 0 Å². The van der Waals surface area contributed by atoms with Crippen LogP contribution in [0.1, 0.15) is 28.3 Å². The maximum atomic E-state index is 12.9. The lowest BCUT2D eigenvalue weighted by molar-refractivity contribution is -0.192.